The normalized spacial score (nSPS) is 11.3. The zero-order chi connectivity index (χ0) is 24.2. The van der Waals surface area contributed by atoms with E-state index in [1.54, 1.807) is 42.5 Å². The van der Waals surface area contributed by atoms with Crippen LogP contribution < -0.4 is 15.0 Å². The van der Waals surface area contributed by atoms with Crippen LogP contribution in [0.25, 0.3) is 10.9 Å². The van der Waals surface area contributed by atoms with Gasteiger partial charge in [-0.05, 0) is 30.3 Å². The first-order valence-electron chi connectivity index (χ1n) is 10.4. The van der Waals surface area contributed by atoms with Gasteiger partial charge < -0.3 is 9.47 Å². The van der Waals surface area contributed by atoms with E-state index in [4.69, 9.17) is 21.1 Å². The SMILES string of the molecule is CCc1nc2ccc(Br)cc2c(=O)n1N=Cc1cc(Cl)cc(OC)c1OCc1ccccc1F. The van der Waals surface area contributed by atoms with Gasteiger partial charge in [0.1, 0.15) is 18.2 Å². The summed E-state index contributed by atoms with van der Waals surface area (Å²) >= 11 is 9.66. The quantitative estimate of drug-likeness (QED) is 0.268. The maximum Gasteiger partial charge on any atom is 0.282 e. The molecule has 0 unspecified atom stereocenters. The Morgan fingerprint density at radius 2 is 2.00 bits per heavy atom. The summed E-state index contributed by atoms with van der Waals surface area (Å²) in [7, 11) is 1.48. The largest absolute Gasteiger partial charge is 0.493 e. The summed E-state index contributed by atoms with van der Waals surface area (Å²) in [6.45, 7) is 1.86. The molecule has 9 heteroatoms. The van der Waals surface area contributed by atoms with Crippen LogP contribution in [0.3, 0.4) is 0 Å². The van der Waals surface area contributed by atoms with Crippen molar-refractivity contribution in [1.29, 1.82) is 0 Å². The molecule has 3 aromatic carbocycles. The Labute approximate surface area is 208 Å². The number of aromatic nitrogens is 2. The van der Waals surface area contributed by atoms with Gasteiger partial charge in [0.15, 0.2) is 11.5 Å². The van der Waals surface area contributed by atoms with Crippen molar-refractivity contribution in [3.8, 4) is 11.5 Å². The maximum atomic E-state index is 14.1. The Hall–Kier alpha value is -3.23. The smallest absolute Gasteiger partial charge is 0.282 e. The van der Waals surface area contributed by atoms with Crippen molar-refractivity contribution < 1.29 is 13.9 Å². The van der Waals surface area contributed by atoms with E-state index in [1.165, 1.54) is 24.1 Å². The number of rotatable bonds is 7. The summed E-state index contributed by atoms with van der Waals surface area (Å²) in [5.41, 5.74) is 1.14. The molecular weight excluding hydrogens is 525 g/mol. The molecular formula is C25H20BrClFN3O3. The standard InChI is InChI=1S/C25H20BrClFN3O3/c1-3-23-30-21-9-8-17(26)11-19(21)25(32)31(23)29-13-16-10-18(27)12-22(33-2)24(16)34-14-15-6-4-5-7-20(15)28/h4-13H,3,14H2,1-2H3. The van der Waals surface area contributed by atoms with Crippen molar-refractivity contribution in [2.24, 2.45) is 5.10 Å². The van der Waals surface area contributed by atoms with E-state index < -0.39 is 0 Å². The number of hydrogen-bond acceptors (Lipinski definition) is 5. The van der Waals surface area contributed by atoms with Crippen molar-refractivity contribution in [1.82, 2.24) is 9.66 Å². The minimum Gasteiger partial charge on any atom is -0.493 e. The third-order valence-corrected chi connectivity index (χ3v) is 5.81. The molecule has 0 saturated carbocycles. The molecule has 0 aliphatic heterocycles. The zero-order valence-electron chi connectivity index (χ0n) is 18.4. The fourth-order valence-corrected chi connectivity index (χ4v) is 4.00. The van der Waals surface area contributed by atoms with Crippen LogP contribution in [0.15, 0.2) is 69.0 Å². The van der Waals surface area contributed by atoms with Crippen LogP contribution in [-0.2, 0) is 13.0 Å². The van der Waals surface area contributed by atoms with Gasteiger partial charge in [0.2, 0.25) is 0 Å². The van der Waals surface area contributed by atoms with E-state index in [0.29, 0.717) is 50.8 Å². The first-order chi connectivity index (χ1) is 16.4. The molecule has 0 fully saturated rings. The number of aryl methyl sites for hydroxylation is 1. The molecule has 4 aromatic rings. The molecule has 4 rings (SSSR count). The molecule has 1 aromatic heterocycles. The predicted molar refractivity (Wildman–Crippen MR) is 135 cm³/mol. The van der Waals surface area contributed by atoms with Gasteiger partial charge in [0.05, 0.1) is 24.2 Å². The summed E-state index contributed by atoms with van der Waals surface area (Å²) in [4.78, 5) is 17.7. The minimum atomic E-state index is -0.377. The van der Waals surface area contributed by atoms with Crippen molar-refractivity contribution in [2.75, 3.05) is 7.11 Å². The molecule has 0 bridgehead atoms. The summed E-state index contributed by atoms with van der Waals surface area (Å²) < 4.78 is 27.4. The highest BCUT2D eigenvalue weighted by molar-refractivity contribution is 9.10. The van der Waals surface area contributed by atoms with Gasteiger partial charge in [0.25, 0.3) is 5.56 Å². The van der Waals surface area contributed by atoms with Crippen molar-refractivity contribution >= 4 is 44.6 Å². The Balaban J connectivity index is 1.78. The second-order valence-electron chi connectivity index (χ2n) is 7.31. The number of halogens is 3. The van der Waals surface area contributed by atoms with Crippen LogP contribution in [0.5, 0.6) is 11.5 Å². The molecule has 0 aliphatic carbocycles. The Morgan fingerprint density at radius 1 is 1.21 bits per heavy atom. The third-order valence-electron chi connectivity index (χ3n) is 5.10. The van der Waals surface area contributed by atoms with Gasteiger partial charge >= 0.3 is 0 Å². The number of nitrogens with zero attached hydrogens (tertiary/aromatic N) is 3. The van der Waals surface area contributed by atoms with Crippen LogP contribution in [-0.4, -0.2) is 23.0 Å². The van der Waals surface area contributed by atoms with E-state index in [0.717, 1.165) is 4.47 Å². The first kappa shape index (κ1) is 23.9. The molecule has 1 heterocycles. The van der Waals surface area contributed by atoms with Gasteiger partial charge in [0, 0.05) is 33.1 Å². The number of ether oxygens (including phenoxy) is 2. The van der Waals surface area contributed by atoms with E-state index in [2.05, 4.69) is 26.0 Å². The molecule has 34 heavy (non-hydrogen) atoms. The van der Waals surface area contributed by atoms with Crippen LogP contribution >= 0.6 is 27.5 Å². The summed E-state index contributed by atoms with van der Waals surface area (Å²) in [5.74, 6) is 0.799. The molecule has 0 saturated heterocycles. The Kier molecular flexibility index (Phi) is 7.29. The maximum absolute atomic E-state index is 14.1. The monoisotopic (exact) mass is 543 g/mol. The molecule has 0 atom stereocenters. The topological polar surface area (TPSA) is 65.7 Å². The Bertz CT molecular complexity index is 1460. The highest BCUT2D eigenvalue weighted by atomic mass is 79.9. The molecule has 0 N–H and O–H groups in total. The van der Waals surface area contributed by atoms with Crippen LogP contribution in [0.2, 0.25) is 5.02 Å². The van der Waals surface area contributed by atoms with Crippen molar-refractivity contribution in [2.45, 2.75) is 20.0 Å². The van der Waals surface area contributed by atoms with E-state index in [9.17, 15) is 9.18 Å². The number of fused-ring (bicyclic) bond motifs is 1. The summed E-state index contributed by atoms with van der Waals surface area (Å²) in [5, 5.41) is 5.23. The van der Waals surface area contributed by atoms with Crippen molar-refractivity contribution in [3.05, 3.63) is 97.2 Å². The van der Waals surface area contributed by atoms with E-state index >= 15 is 0 Å². The van der Waals surface area contributed by atoms with E-state index in [1.807, 2.05) is 13.0 Å². The predicted octanol–water partition coefficient (Wildman–Crippen LogP) is 5.98. The van der Waals surface area contributed by atoms with Crippen molar-refractivity contribution in [3.63, 3.8) is 0 Å². The second-order valence-corrected chi connectivity index (χ2v) is 8.66. The number of hydrogen-bond donors (Lipinski definition) is 0. The first-order valence-corrected chi connectivity index (χ1v) is 11.6. The second kappa shape index (κ2) is 10.4. The van der Waals surface area contributed by atoms with Gasteiger partial charge in [-0.2, -0.15) is 9.78 Å². The lowest BCUT2D eigenvalue weighted by atomic mass is 10.2. The van der Waals surface area contributed by atoms with Gasteiger partial charge in [-0.1, -0.05) is 52.7 Å². The average molecular weight is 545 g/mol. The lowest BCUT2D eigenvalue weighted by Crippen LogP contribution is -2.22. The highest BCUT2D eigenvalue weighted by Gasteiger charge is 2.15. The number of methoxy groups -OCH3 is 1. The lowest BCUT2D eigenvalue weighted by Gasteiger charge is -2.14. The average Bonchev–Trinajstić information content (AvgIpc) is 2.83. The van der Waals surface area contributed by atoms with Gasteiger partial charge in [-0.3, -0.25) is 4.79 Å². The van der Waals surface area contributed by atoms with E-state index in [-0.39, 0.29) is 18.0 Å². The van der Waals surface area contributed by atoms with Gasteiger partial charge in [-0.15, -0.1) is 0 Å². The molecule has 0 spiro atoms. The molecule has 0 aliphatic rings. The lowest BCUT2D eigenvalue weighted by molar-refractivity contribution is 0.279. The minimum absolute atomic E-state index is 0.0305. The molecule has 0 radical (unpaired) electrons. The molecule has 6 nitrogen and oxygen atoms in total. The van der Waals surface area contributed by atoms with Crippen LogP contribution in [0.1, 0.15) is 23.9 Å². The summed E-state index contributed by atoms with van der Waals surface area (Å²) in [6, 6.07) is 14.9. The molecule has 174 valence electrons. The van der Waals surface area contributed by atoms with Crippen LogP contribution in [0, 0.1) is 5.82 Å². The Morgan fingerprint density at radius 3 is 2.74 bits per heavy atom. The fraction of sp³-hybridized carbons (Fsp3) is 0.160. The highest BCUT2D eigenvalue weighted by Crippen LogP contribution is 2.34. The zero-order valence-corrected chi connectivity index (χ0v) is 20.7. The van der Waals surface area contributed by atoms with Crippen LogP contribution in [0.4, 0.5) is 4.39 Å². The third kappa shape index (κ3) is 4.98. The fourth-order valence-electron chi connectivity index (χ4n) is 3.42. The number of benzene rings is 3. The summed E-state index contributed by atoms with van der Waals surface area (Å²) in [6.07, 6.45) is 1.95. The molecule has 0 amide bonds. The van der Waals surface area contributed by atoms with Gasteiger partial charge in [-0.25, -0.2) is 9.37 Å².